The molecule has 1 aromatic rings. The van der Waals surface area contributed by atoms with Gasteiger partial charge in [-0.2, -0.15) is 12.6 Å². The van der Waals surface area contributed by atoms with Crippen molar-refractivity contribution in [3.8, 4) is 5.75 Å². The summed E-state index contributed by atoms with van der Waals surface area (Å²) in [5.74, 6) is 1.94. The van der Waals surface area contributed by atoms with E-state index in [2.05, 4.69) is 36.9 Å². The number of thiol groups is 1. The van der Waals surface area contributed by atoms with Crippen molar-refractivity contribution in [1.82, 2.24) is 0 Å². The molecule has 0 saturated heterocycles. The topological polar surface area (TPSA) is 9.23 Å². The molecule has 1 aromatic carbocycles. The van der Waals surface area contributed by atoms with Crippen LogP contribution in [0.1, 0.15) is 32.3 Å². The molecule has 0 aliphatic carbocycles. The van der Waals surface area contributed by atoms with Crippen LogP contribution in [0.3, 0.4) is 0 Å². The molecule has 0 N–H and O–H groups in total. The average molecular weight is 224 g/mol. The van der Waals surface area contributed by atoms with Crippen LogP contribution in [-0.4, -0.2) is 11.9 Å². The maximum absolute atomic E-state index is 5.58. The van der Waals surface area contributed by atoms with Crippen LogP contribution in [0.15, 0.2) is 24.3 Å². The highest BCUT2D eigenvalue weighted by molar-refractivity contribution is 7.80. The molecule has 0 spiro atoms. The van der Waals surface area contributed by atoms with E-state index in [1.54, 1.807) is 0 Å². The molecule has 0 unspecified atom stereocenters. The highest BCUT2D eigenvalue weighted by atomic mass is 32.1. The highest BCUT2D eigenvalue weighted by Crippen LogP contribution is 2.15. The Morgan fingerprint density at radius 3 is 2.33 bits per heavy atom. The maximum Gasteiger partial charge on any atom is 0.119 e. The number of benzene rings is 1. The van der Waals surface area contributed by atoms with Gasteiger partial charge in [-0.05, 0) is 56.6 Å². The van der Waals surface area contributed by atoms with Crippen molar-refractivity contribution in [2.45, 2.75) is 39.2 Å². The van der Waals surface area contributed by atoms with E-state index in [4.69, 9.17) is 4.74 Å². The Kier molecular flexibility index (Phi) is 5.62. The Bertz CT molecular complexity index is 266. The summed E-state index contributed by atoms with van der Waals surface area (Å²) in [6.07, 6.45) is 3.80. The molecule has 0 heterocycles. The first-order valence-corrected chi connectivity index (χ1v) is 6.22. The molecule has 0 bridgehead atoms. The van der Waals surface area contributed by atoms with E-state index in [0.717, 1.165) is 17.9 Å². The predicted octanol–water partition coefficient (Wildman–Crippen LogP) is 3.73. The Hall–Kier alpha value is -0.630. The van der Waals surface area contributed by atoms with Gasteiger partial charge in [-0.3, -0.25) is 0 Å². The Labute approximate surface area is 98.3 Å². The van der Waals surface area contributed by atoms with Gasteiger partial charge in [0.25, 0.3) is 0 Å². The average Bonchev–Trinajstić information content (AvgIpc) is 2.20. The monoisotopic (exact) mass is 224 g/mol. The van der Waals surface area contributed by atoms with Crippen molar-refractivity contribution in [2.75, 3.05) is 5.75 Å². The molecular weight excluding hydrogens is 204 g/mol. The molecule has 84 valence electrons. The molecule has 0 fully saturated rings. The van der Waals surface area contributed by atoms with Crippen LogP contribution < -0.4 is 4.74 Å². The van der Waals surface area contributed by atoms with E-state index >= 15 is 0 Å². The summed E-state index contributed by atoms with van der Waals surface area (Å²) < 4.78 is 5.58. The SMILES string of the molecule is CC(C)Oc1ccc(CCCCS)cc1. The summed E-state index contributed by atoms with van der Waals surface area (Å²) in [5.41, 5.74) is 1.38. The van der Waals surface area contributed by atoms with Crippen LogP contribution in [0.2, 0.25) is 0 Å². The molecular formula is C13H20OS. The van der Waals surface area contributed by atoms with Gasteiger partial charge in [0.15, 0.2) is 0 Å². The first kappa shape index (κ1) is 12.4. The van der Waals surface area contributed by atoms with Crippen LogP contribution >= 0.6 is 12.6 Å². The van der Waals surface area contributed by atoms with Crippen molar-refractivity contribution in [1.29, 1.82) is 0 Å². The van der Waals surface area contributed by atoms with Crippen LogP contribution in [0.5, 0.6) is 5.75 Å². The molecule has 1 rings (SSSR count). The molecule has 1 nitrogen and oxygen atoms in total. The quantitative estimate of drug-likeness (QED) is 0.572. The number of aryl methyl sites for hydroxylation is 1. The van der Waals surface area contributed by atoms with Crippen LogP contribution in [0.25, 0.3) is 0 Å². The van der Waals surface area contributed by atoms with Gasteiger partial charge in [-0.25, -0.2) is 0 Å². The van der Waals surface area contributed by atoms with Gasteiger partial charge in [0.2, 0.25) is 0 Å². The second kappa shape index (κ2) is 6.78. The third-order valence-corrected chi connectivity index (χ3v) is 2.48. The minimum absolute atomic E-state index is 0.250. The number of hydrogen-bond acceptors (Lipinski definition) is 2. The van der Waals surface area contributed by atoms with Crippen molar-refractivity contribution < 1.29 is 4.74 Å². The van der Waals surface area contributed by atoms with Crippen molar-refractivity contribution in [3.05, 3.63) is 29.8 Å². The summed E-state index contributed by atoms with van der Waals surface area (Å²) in [7, 11) is 0. The minimum atomic E-state index is 0.250. The molecule has 0 radical (unpaired) electrons. The zero-order valence-electron chi connectivity index (χ0n) is 9.57. The molecule has 0 aliphatic heterocycles. The van der Waals surface area contributed by atoms with Crippen molar-refractivity contribution >= 4 is 12.6 Å². The van der Waals surface area contributed by atoms with Crippen LogP contribution in [0.4, 0.5) is 0 Å². The molecule has 15 heavy (non-hydrogen) atoms. The summed E-state index contributed by atoms with van der Waals surface area (Å²) in [6, 6.07) is 8.40. The van der Waals surface area contributed by atoms with Gasteiger partial charge in [-0.15, -0.1) is 0 Å². The van der Waals surface area contributed by atoms with Gasteiger partial charge in [0, 0.05) is 0 Å². The fourth-order valence-corrected chi connectivity index (χ4v) is 1.67. The van der Waals surface area contributed by atoms with E-state index in [1.807, 2.05) is 13.8 Å². The van der Waals surface area contributed by atoms with E-state index in [9.17, 15) is 0 Å². The van der Waals surface area contributed by atoms with E-state index < -0.39 is 0 Å². The van der Waals surface area contributed by atoms with Crippen molar-refractivity contribution in [3.63, 3.8) is 0 Å². The van der Waals surface area contributed by atoms with Gasteiger partial charge in [-0.1, -0.05) is 12.1 Å². The standard InChI is InChI=1S/C13H20OS/c1-11(2)14-13-8-6-12(7-9-13)5-3-4-10-15/h6-9,11,15H,3-5,10H2,1-2H3. The van der Waals surface area contributed by atoms with E-state index in [1.165, 1.54) is 18.4 Å². The number of hydrogen-bond donors (Lipinski definition) is 1. The minimum Gasteiger partial charge on any atom is -0.491 e. The van der Waals surface area contributed by atoms with Gasteiger partial charge < -0.3 is 4.74 Å². The van der Waals surface area contributed by atoms with Gasteiger partial charge in [0.1, 0.15) is 5.75 Å². The molecule has 0 aromatic heterocycles. The predicted molar refractivity (Wildman–Crippen MR) is 69.0 cm³/mol. The summed E-state index contributed by atoms with van der Waals surface area (Å²) >= 11 is 4.20. The summed E-state index contributed by atoms with van der Waals surface area (Å²) in [4.78, 5) is 0. The Balaban J connectivity index is 2.42. The lowest BCUT2D eigenvalue weighted by Crippen LogP contribution is -2.05. The first-order valence-electron chi connectivity index (χ1n) is 5.59. The molecule has 0 atom stereocenters. The highest BCUT2D eigenvalue weighted by Gasteiger charge is 1.97. The molecule has 0 saturated carbocycles. The molecule has 0 amide bonds. The normalized spacial score (nSPS) is 10.7. The zero-order chi connectivity index (χ0) is 11.1. The third-order valence-electron chi connectivity index (χ3n) is 2.17. The smallest absolute Gasteiger partial charge is 0.119 e. The van der Waals surface area contributed by atoms with Crippen LogP contribution in [0, 0.1) is 0 Å². The van der Waals surface area contributed by atoms with E-state index in [0.29, 0.717) is 0 Å². The number of unbranched alkanes of at least 4 members (excludes halogenated alkanes) is 1. The lowest BCUT2D eigenvalue weighted by molar-refractivity contribution is 0.242. The number of ether oxygens (including phenoxy) is 1. The fraction of sp³-hybridized carbons (Fsp3) is 0.538. The van der Waals surface area contributed by atoms with Gasteiger partial charge in [0.05, 0.1) is 6.10 Å². The first-order chi connectivity index (χ1) is 7.22. The van der Waals surface area contributed by atoms with Crippen molar-refractivity contribution in [2.24, 2.45) is 0 Å². The van der Waals surface area contributed by atoms with Gasteiger partial charge >= 0.3 is 0 Å². The second-order valence-corrected chi connectivity index (χ2v) is 4.44. The maximum atomic E-state index is 5.58. The summed E-state index contributed by atoms with van der Waals surface area (Å²) in [5, 5.41) is 0. The fourth-order valence-electron chi connectivity index (χ4n) is 1.45. The second-order valence-electron chi connectivity index (χ2n) is 3.99. The summed E-state index contributed by atoms with van der Waals surface area (Å²) in [6.45, 7) is 4.08. The third kappa shape index (κ3) is 5.12. The number of rotatable bonds is 6. The Morgan fingerprint density at radius 2 is 1.80 bits per heavy atom. The lowest BCUT2D eigenvalue weighted by Gasteiger charge is -2.09. The Morgan fingerprint density at radius 1 is 1.13 bits per heavy atom. The molecule has 0 aliphatic rings. The largest absolute Gasteiger partial charge is 0.491 e. The van der Waals surface area contributed by atoms with E-state index in [-0.39, 0.29) is 6.10 Å². The lowest BCUT2D eigenvalue weighted by atomic mass is 10.1. The van der Waals surface area contributed by atoms with Crippen LogP contribution in [-0.2, 0) is 6.42 Å². The zero-order valence-corrected chi connectivity index (χ0v) is 10.5. The molecule has 2 heteroatoms.